The van der Waals surface area contributed by atoms with Gasteiger partial charge in [-0.25, -0.2) is 9.18 Å². The van der Waals surface area contributed by atoms with E-state index in [-0.39, 0.29) is 23.5 Å². The largest absolute Gasteiger partial charge is 0.490 e. The number of benzene rings is 2. The van der Waals surface area contributed by atoms with Crippen molar-refractivity contribution in [1.82, 2.24) is 15.0 Å². The van der Waals surface area contributed by atoms with E-state index in [0.717, 1.165) is 51.0 Å². The number of aliphatic carboxylic acids is 1. The van der Waals surface area contributed by atoms with Crippen molar-refractivity contribution in [1.29, 1.82) is 0 Å². The van der Waals surface area contributed by atoms with Crippen LogP contribution < -0.4 is 4.90 Å². The summed E-state index contributed by atoms with van der Waals surface area (Å²) < 4.78 is 50.0. The zero-order valence-electron chi connectivity index (χ0n) is 26.9. The van der Waals surface area contributed by atoms with Gasteiger partial charge in [0.05, 0.1) is 10.0 Å². The molecule has 2 aliphatic heterocycles. The fraction of sp³-hybridized carbons (Fsp3) is 0.471. The summed E-state index contributed by atoms with van der Waals surface area (Å²) in [5.74, 6) is -2.06. The SMILES string of the molecule is Cc1cc(C(=O)N2CCC(C(=O)N(CCCN3CCC(Cc4ccc(F)cc4)CC3)c3ccc(Cl)c(Cl)c3)CC2)no1.O=C(O)C(F)(F)F. The highest BCUT2D eigenvalue weighted by Gasteiger charge is 2.38. The number of anilines is 1. The predicted molar refractivity (Wildman–Crippen MR) is 176 cm³/mol. The molecule has 0 atom stereocenters. The third kappa shape index (κ3) is 11.2. The lowest BCUT2D eigenvalue weighted by Crippen LogP contribution is -2.45. The highest BCUT2D eigenvalue weighted by molar-refractivity contribution is 6.42. The summed E-state index contributed by atoms with van der Waals surface area (Å²) in [6.07, 6.45) is 0.117. The molecule has 2 aromatic carbocycles. The second kappa shape index (κ2) is 17.3. The fourth-order valence-corrected chi connectivity index (χ4v) is 6.31. The van der Waals surface area contributed by atoms with Crippen LogP contribution in [-0.4, -0.2) is 83.3 Å². The van der Waals surface area contributed by atoms with Gasteiger partial charge in [-0.2, -0.15) is 13.2 Å². The Labute approximate surface area is 291 Å². The van der Waals surface area contributed by atoms with Gasteiger partial charge in [0.2, 0.25) is 5.91 Å². The van der Waals surface area contributed by atoms with Crippen molar-refractivity contribution in [2.75, 3.05) is 44.2 Å². The van der Waals surface area contributed by atoms with Gasteiger partial charge in [0.15, 0.2) is 5.69 Å². The van der Waals surface area contributed by atoms with Gasteiger partial charge in [-0.05, 0) is 107 Å². The number of rotatable bonds is 9. The first-order valence-corrected chi connectivity index (χ1v) is 16.7. The first-order chi connectivity index (χ1) is 23.2. The van der Waals surface area contributed by atoms with Crippen molar-refractivity contribution in [3.8, 4) is 0 Å². The van der Waals surface area contributed by atoms with Gasteiger partial charge in [-0.3, -0.25) is 9.59 Å². The Balaban J connectivity index is 0.000000698. The molecule has 49 heavy (non-hydrogen) atoms. The molecule has 0 unspecified atom stereocenters. The number of carbonyl (C=O) groups is 3. The van der Waals surface area contributed by atoms with Crippen LogP contribution in [-0.2, 0) is 16.0 Å². The molecule has 2 amide bonds. The van der Waals surface area contributed by atoms with Gasteiger partial charge >= 0.3 is 12.1 Å². The Bertz CT molecular complexity index is 1570. The van der Waals surface area contributed by atoms with Crippen LogP contribution in [0.3, 0.4) is 0 Å². The molecule has 0 spiro atoms. The van der Waals surface area contributed by atoms with E-state index in [4.69, 9.17) is 37.6 Å². The van der Waals surface area contributed by atoms with E-state index in [2.05, 4.69) is 10.1 Å². The summed E-state index contributed by atoms with van der Waals surface area (Å²) in [4.78, 5) is 41.6. The van der Waals surface area contributed by atoms with E-state index >= 15 is 0 Å². The first kappa shape index (κ1) is 38.1. The van der Waals surface area contributed by atoms with Crippen molar-refractivity contribution >= 4 is 46.7 Å². The summed E-state index contributed by atoms with van der Waals surface area (Å²) in [6, 6.07) is 13.8. The molecule has 0 saturated carbocycles. The van der Waals surface area contributed by atoms with Crippen LogP contribution in [0.25, 0.3) is 0 Å². The molecule has 5 rings (SSSR count). The van der Waals surface area contributed by atoms with E-state index in [0.29, 0.717) is 59.9 Å². The van der Waals surface area contributed by atoms with Gasteiger partial charge < -0.3 is 24.3 Å². The number of halogens is 6. The van der Waals surface area contributed by atoms with Crippen molar-refractivity contribution in [3.63, 3.8) is 0 Å². The van der Waals surface area contributed by atoms with E-state index < -0.39 is 12.1 Å². The maximum atomic E-state index is 13.8. The van der Waals surface area contributed by atoms with E-state index in [1.807, 2.05) is 23.1 Å². The van der Waals surface area contributed by atoms with E-state index in [1.165, 1.54) is 17.7 Å². The molecule has 9 nitrogen and oxygen atoms in total. The second-order valence-electron chi connectivity index (χ2n) is 12.2. The number of piperidine rings is 2. The molecule has 0 bridgehead atoms. The molecule has 0 radical (unpaired) electrons. The molecular weight excluding hydrogens is 691 g/mol. The molecule has 3 heterocycles. The summed E-state index contributed by atoms with van der Waals surface area (Å²) in [5, 5.41) is 11.8. The van der Waals surface area contributed by atoms with Crippen LogP contribution in [0.4, 0.5) is 23.2 Å². The Morgan fingerprint density at radius 3 is 2.14 bits per heavy atom. The number of amides is 2. The number of aromatic nitrogens is 1. The maximum absolute atomic E-state index is 13.8. The van der Waals surface area contributed by atoms with Crippen molar-refractivity contribution in [3.05, 3.63) is 81.4 Å². The Morgan fingerprint density at radius 2 is 1.59 bits per heavy atom. The van der Waals surface area contributed by atoms with Crippen LogP contribution in [0.15, 0.2) is 53.1 Å². The van der Waals surface area contributed by atoms with Crippen LogP contribution in [0.2, 0.25) is 10.0 Å². The molecular formula is C34H38Cl2F4N4O5. The van der Waals surface area contributed by atoms with Crippen LogP contribution in [0, 0.1) is 24.6 Å². The molecule has 266 valence electrons. The number of carboxylic acids is 1. The lowest BCUT2D eigenvalue weighted by Gasteiger charge is -2.35. The molecule has 2 saturated heterocycles. The molecule has 2 fully saturated rings. The van der Waals surface area contributed by atoms with Gasteiger partial charge in [0, 0.05) is 37.3 Å². The van der Waals surface area contributed by atoms with Crippen LogP contribution in [0.5, 0.6) is 0 Å². The lowest BCUT2D eigenvalue weighted by molar-refractivity contribution is -0.192. The molecule has 15 heteroatoms. The minimum absolute atomic E-state index is 0.0516. The Hall–Kier alpha value is -3.68. The predicted octanol–water partition coefficient (Wildman–Crippen LogP) is 7.29. The van der Waals surface area contributed by atoms with Crippen molar-refractivity contribution in [2.45, 2.75) is 51.6 Å². The third-order valence-electron chi connectivity index (χ3n) is 8.70. The molecule has 3 aromatic rings. The highest BCUT2D eigenvalue weighted by atomic mass is 35.5. The summed E-state index contributed by atoms with van der Waals surface area (Å²) in [6.45, 7) is 6.24. The first-order valence-electron chi connectivity index (χ1n) is 16.0. The average Bonchev–Trinajstić information content (AvgIpc) is 3.51. The number of carbonyl (C=O) groups excluding carboxylic acids is 2. The quantitative estimate of drug-likeness (QED) is 0.231. The van der Waals surface area contributed by atoms with Gasteiger partial charge in [0.1, 0.15) is 11.6 Å². The molecule has 1 aromatic heterocycles. The number of hydrogen-bond acceptors (Lipinski definition) is 6. The smallest absolute Gasteiger partial charge is 0.475 e. The summed E-state index contributed by atoms with van der Waals surface area (Å²) in [7, 11) is 0. The van der Waals surface area contributed by atoms with Gasteiger partial charge in [-0.1, -0.05) is 40.5 Å². The standard InChI is InChI=1S/C32H37Cl2FN4O3.C2HF3O2/c1-22-19-30(36-42-22)32(41)38-17-11-25(12-18-38)31(40)39(27-7-8-28(33)29(34)21-27)14-2-13-37-15-9-24(10-16-37)20-23-3-5-26(35)6-4-23;3-2(4,5)1(6)7/h3-8,19,21,24-25H,2,9-18,20H2,1H3;(H,6,7). The fourth-order valence-electron chi connectivity index (χ4n) is 6.02. The number of aryl methyl sites for hydroxylation is 1. The summed E-state index contributed by atoms with van der Waals surface area (Å²) in [5.41, 5.74) is 2.23. The third-order valence-corrected chi connectivity index (χ3v) is 9.44. The number of alkyl halides is 3. The summed E-state index contributed by atoms with van der Waals surface area (Å²) >= 11 is 12.5. The maximum Gasteiger partial charge on any atom is 0.490 e. The normalized spacial score (nSPS) is 16.2. The van der Waals surface area contributed by atoms with Crippen LogP contribution >= 0.6 is 23.2 Å². The number of likely N-dealkylation sites (tertiary alicyclic amines) is 2. The topological polar surface area (TPSA) is 107 Å². The Morgan fingerprint density at radius 1 is 0.959 bits per heavy atom. The Kier molecular flexibility index (Phi) is 13.5. The van der Waals surface area contributed by atoms with E-state index in [9.17, 15) is 27.2 Å². The zero-order chi connectivity index (χ0) is 35.7. The van der Waals surface area contributed by atoms with Gasteiger partial charge in [0.25, 0.3) is 5.91 Å². The molecule has 0 aliphatic carbocycles. The molecule has 1 N–H and O–H groups in total. The van der Waals surface area contributed by atoms with Crippen molar-refractivity contribution < 1.29 is 41.6 Å². The average molecular weight is 730 g/mol. The van der Waals surface area contributed by atoms with Crippen LogP contribution in [0.1, 0.15) is 53.9 Å². The van der Waals surface area contributed by atoms with Crippen molar-refractivity contribution in [2.24, 2.45) is 11.8 Å². The highest BCUT2D eigenvalue weighted by Crippen LogP contribution is 2.30. The number of nitrogens with zero attached hydrogens (tertiary/aromatic N) is 4. The lowest BCUT2D eigenvalue weighted by atomic mass is 9.90. The van der Waals surface area contributed by atoms with Gasteiger partial charge in [-0.15, -0.1) is 0 Å². The molecule has 2 aliphatic rings. The minimum atomic E-state index is -5.08. The number of carboxylic acid groups (broad SMARTS) is 1. The monoisotopic (exact) mass is 728 g/mol. The van der Waals surface area contributed by atoms with E-state index in [1.54, 1.807) is 30.0 Å². The zero-order valence-corrected chi connectivity index (χ0v) is 28.4. The minimum Gasteiger partial charge on any atom is -0.475 e. The number of hydrogen-bond donors (Lipinski definition) is 1. The second-order valence-corrected chi connectivity index (χ2v) is 13.1.